The highest BCUT2D eigenvalue weighted by molar-refractivity contribution is 5.64. The van der Waals surface area contributed by atoms with Crippen molar-refractivity contribution < 1.29 is 4.74 Å². The maximum absolute atomic E-state index is 8.88. The van der Waals surface area contributed by atoms with Crippen LogP contribution in [0.15, 0.2) is 30.5 Å². The molecule has 0 bridgehead atoms. The summed E-state index contributed by atoms with van der Waals surface area (Å²) in [5.41, 5.74) is 0.698. The van der Waals surface area contributed by atoms with Crippen molar-refractivity contribution in [2.45, 2.75) is 0 Å². The maximum atomic E-state index is 8.88. The molecule has 19 heavy (non-hydrogen) atoms. The lowest BCUT2D eigenvalue weighted by atomic mass is 10.3. The second-order valence-corrected chi connectivity index (χ2v) is 3.50. The van der Waals surface area contributed by atoms with Crippen molar-refractivity contribution >= 4 is 11.5 Å². The van der Waals surface area contributed by atoms with E-state index in [2.05, 4.69) is 15.3 Å². The van der Waals surface area contributed by atoms with Crippen LogP contribution in [-0.4, -0.2) is 17.1 Å². The minimum absolute atomic E-state index is 0.00748. The Morgan fingerprint density at radius 1 is 1.16 bits per heavy atom. The highest BCUT2D eigenvalue weighted by Crippen LogP contribution is 2.25. The van der Waals surface area contributed by atoms with Crippen LogP contribution in [0, 0.1) is 22.7 Å². The summed E-state index contributed by atoms with van der Waals surface area (Å²) in [7, 11) is 1.56. The fraction of sp³-hybridized carbons (Fsp3) is 0.0769. The summed E-state index contributed by atoms with van der Waals surface area (Å²) in [4.78, 5) is 7.89. The Morgan fingerprint density at radius 3 is 2.58 bits per heavy atom. The van der Waals surface area contributed by atoms with Crippen LogP contribution in [0.25, 0.3) is 0 Å². The summed E-state index contributed by atoms with van der Waals surface area (Å²) >= 11 is 0. The molecule has 2 rings (SSSR count). The van der Waals surface area contributed by atoms with Crippen molar-refractivity contribution in [2.75, 3.05) is 12.4 Å². The lowest BCUT2D eigenvalue weighted by Crippen LogP contribution is -2.01. The van der Waals surface area contributed by atoms with Gasteiger partial charge in [0.15, 0.2) is 17.2 Å². The van der Waals surface area contributed by atoms with Gasteiger partial charge in [-0.1, -0.05) is 12.1 Å². The van der Waals surface area contributed by atoms with Gasteiger partial charge in [-0.05, 0) is 12.1 Å². The van der Waals surface area contributed by atoms with Gasteiger partial charge in [0.2, 0.25) is 0 Å². The highest BCUT2D eigenvalue weighted by Gasteiger charge is 2.08. The van der Waals surface area contributed by atoms with Gasteiger partial charge in [-0.3, -0.25) is 0 Å². The number of nitrogens with one attached hydrogen (secondary N) is 1. The number of nitriles is 2. The van der Waals surface area contributed by atoms with Crippen molar-refractivity contribution in [3.05, 3.63) is 41.9 Å². The number of hydrogen-bond donors (Lipinski definition) is 1. The number of aromatic nitrogens is 2. The smallest absolute Gasteiger partial charge is 0.179 e. The number of hydrogen-bond acceptors (Lipinski definition) is 6. The molecule has 0 fully saturated rings. The first-order valence-electron chi connectivity index (χ1n) is 5.35. The summed E-state index contributed by atoms with van der Waals surface area (Å²) in [6.45, 7) is 0. The van der Waals surface area contributed by atoms with Crippen molar-refractivity contribution in [3.63, 3.8) is 0 Å². The van der Waals surface area contributed by atoms with Crippen LogP contribution in [0.4, 0.5) is 11.5 Å². The third kappa shape index (κ3) is 2.59. The topological polar surface area (TPSA) is 94.6 Å². The standard InChI is InChI=1S/C13H9N5O/c1-19-12-5-3-2-4-9(12)17-13-8-16-10(6-14)11(7-15)18-13/h2-5,8H,1H3,(H,17,18). The first-order valence-corrected chi connectivity index (χ1v) is 5.35. The number of para-hydroxylation sites is 2. The fourth-order valence-electron chi connectivity index (χ4n) is 1.49. The predicted octanol–water partition coefficient (Wildman–Crippen LogP) is 1.97. The molecule has 0 aliphatic heterocycles. The highest BCUT2D eigenvalue weighted by atomic mass is 16.5. The summed E-state index contributed by atoms with van der Waals surface area (Å²) < 4.78 is 5.19. The van der Waals surface area contributed by atoms with E-state index >= 15 is 0 Å². The second kappa shape index (κ2) is 5.48. The molecule has 6 nitrogen and oxygen atoms in total. The number of methoxy groups -OCH3 is 1. The predicted molar refractivity (Wildman–Crippen MR) is 67.7 cm³/mol. The van der Waals surface area contributed by atoms with Crippen LogP contribution >= 0.6 is 0 Å². The second-order valence-electron chi connectivity index (χ2n) is 3.50. The summed E-state index contributed by atoms with van der Waals surface area (Å²) in [6, 6.07) is 10.9. The number of rotatable bonds is 3. The van der Waals surface area contributed by atoms with Gasteiger partial charge in [0, 0.05) is 0 Å². The molecule has 0 unspecified atom stereocenters. The van der Waals surface area contributed by atoms with Crippen LogP contribution in [0.2, 0.25) is 0 Å². The van der Waals surface area contributed by atoms with Gasteiger partial charge < -0.3 is 10.1 Å². The van der Waals surface area contributed by atoms with Gasteiger partial charge in [0.1, 0.15) is 17.9 Å². The molecule has 6 heteroatoms. The average molecular weight is 251 g/mol. The van der Waals surface area contributed by atoms with Crippen molar-refractivity contribution in [2.24, 2.45) is 0 Å². The van der Waals surface area contributed by atoms with Gasteiger partial charge in [0.05, 0.1) is 19.0 Å². The Morgan fingerprint density at radius 2 is 1.89 bits per heavy atom. The average Bonchev–Trinajstić information content (AvgIpc) is 2.47. The molecule has 0 amide bonds. The van der Waals surface area contributed by atoms with Crippen LogP contribution in [-0.2, 0) is 0 Å². The Kier molecular flexibility index (Phi) is 3.56. The molecular formula is C13H9N5O. The molecule has 1 N–H and O–H groups in total. The zero-order valence-electron chi connectivity index (χ0n) is 10.1. The van der Waals surface area contributed by atoms with Crippen LogP contribution in [0.3, 0.4) is 0 Å². The van der Waals surface area contributed by atoms with E-state index < -0.39 is 0 Å². The van der Waals surface area contributed by atoms with Crippen LogP contribution < -0.4 is 10.1 Å². The molecule has 0 saturated carbocycles. The van der Waals surface area contributed by atoms with Crippen molar-refractivity contribution in [1.82, 2.24) is 9.97 Å². The Bertz CT molecular complexity index is 684. The van der Waals surface area contributed by atoms with E-state index in [1.54, 1.807) is 13.2 Å². The van der Waals surface area contributed by atoms with E-state index in [0.29, 0.717) is 17.3 Å². The number of benzene rings is 1. The van der Waals surface area contributed by atoms with E-state index in [4.69, 9.17) is 15.3 Å². The van der Waals surface area contributed by atoms with Crippen LogP contribution in [0.5, 0.6) is 5.75 Å². The SMILES string of the molecule is COc1ccccc1Nc1cnc(C#N)c(C#N)n1. The van der Waals surface area contributed by atoms with E-state index in [0.717, 1.165) is 0 Å². The molecule has 1 aromatic heterocycles. The summed E-state index contributed by atoms with van der Waals surface area (Å²) in [5.74, 6) is 1.02. The largest absolute Gasteiger partial charge is 0.495 e. The molecule has 0 radical (unpaired) electrons. The molecule has 1 heterocycles. The van der Waals surface area contributed by atoms with E-state index in [9.17, 15) is 0 Å². The minimum atomic E-state index is -0.0117. The molecule has 0 aliphatic rings. The quantitative estimate of drug-likeness (QED) is 0.896. The Labute approximate surface area is 109 Å². The van der Waals surface area contributed by atoms with E-state index in [1.807, 2.05) is 30.3 Å². The van der Waals surface area contributed by atoms with E-state index in [1.165, 1.54) is 6.20 Å². The zero-order valence-corrected chi connectivity index (χ0v) is 10.1. The third-order valence-electron chi connectivity index (χ3n) is 2.35. The van der Waals surface area contributed by atoms with Gasteiger partial charge in [0.25, 0.3) is 0 Å². The van der Waals surface area contributed by atoms with Crippen LogP contribution in [0.1, 0.15) is 11.4 Å². The molecule has 0 spiro atoms. The first kappa shape index (κ1) is 12.3. The monoisotopic (exact) mass is 251 g/mol. The molecule has 0 aliphatic carbocycles. The number of anilines is 2. The molecule has 0 saturated heterocycles. The fourth-order valence-corrected chi connectivity index (χ4v) is 1.49. The Balaban J connectivity index is 2.35. The minimum Gasteiger partial charge on any atom is -0.495 e. The molecular weight excluding hydrogens is 242 g/mol. The summed E-state index contributed by atoms with van der Waals surface area (Å²) in [5, 5.41) is 20.6. The maximum Gasteiger partial charge on any atom is 0.179 e. The normalized spacial score (nSPS) is 9.21. The number of ether oxygens (including phenoxy) is 1. The van der Waals surface area contributed by atoms with Gasteiger partial charge in [-0.25, -0.2) is 9.97 Å². The van der Waals surface area contributed by atoms with Gasteiger partial charge in [-0.15, -0.1) is 0 Å². The molecule has 2 aromatic rings. The summed E-state index contributed by atoms with van der Waals surface area (Å²) in [6.07, 6.45) is 1.39. The molecule has 1 aromatic carbocycles. The van der Waals surface area contributed by atoms with Gasteiger partial charge >= 0.3 is 0 Å². The first-order chi connectivity index (χ1) is 9.28. The van der Waals surface area contributed by atoms with Crippen molar-refractivity contribution in [1.29, 1.82) is 10.5 Å². The van der Waals surface area contributed by atoms with Gasteiger partial charge in [-0.2, -0.15) is 10.5 Å². The Hall–Kier alpha value is -3.12. The van der Waals surface area contributed by atoms with Crippen molar-refractivity contribution in [3.8, 4) is 17.9 Å². The third-order valence-corrected chi connectivity index (χ3v) is 2.35. The number of nitrogens with zero attached hydrogens (tertiary/aromatic N) is 4. The lowest BCUT2D eigenvalue weighted by molar-refractivity contribution is 0.417. The van der Waals surface area contributed by atoms with E-state index in [-0.39, 0.29) is 11.4 Å². The lowest BCUT2D eigenvalue weighted by Gasteiger charge is -2.09. The molecule has 92 valence electrons. The molecule has 0 atom stereocenters. The zero-order chi connectivity index (χ0) is 13.7.